The molecule has 0 fully saturated rings. The summed E-state index contributed by atoms with van der Waals surface area (Å²) in [5, 5.41) is 0. The molecule has 0 bridgehead atoms. The number of aromatic amines is 1. The number of H-pyrrole nitrogens is 1. The number of sulfonamides is 1. The van der Waals surface area contributed by atoms with E-state index in [1.807, 2.05) is 0 Å². The van der Waals surface area contributed by atoms with Gasteiger partial charge in [-0.15, -0.1) is 0 Å². The maximum Gasteiger partial charge on any atom is 0.264 e. The minimum atomic E-state index is -3.78. The Hall–Kier alpha value is -1.74. The van der Waals surface area contributed by atoms with Crippen LogP contribution in [0.3, 0.4) is 0 Å². The van der Waals surface area contributed by atoms with Crippen molar-refractivity contribution in [2.45, 2.75) is 4.90 Å². The van der Waals surface area contributed by atoms with Crippen LogP contribution in [0.1, 0.15) is 0 Å². The molecule has 2 N–H and O–H groups in total. The number of rotatable bonds is 3. The molecule has 0 spiro atoms. The summed E-state index contributed by atoms with van der Waals surface area (Å²) in [6.07, 6.45) is 3.75. The van der Waals surface area contributed by atoms with E-state index in [1.54, 1.807) is 0 Å². The summed E-state index contributed by atoms with van der Waals surface area (Å²) in [6, 6.07) is 2.33. The number of nitrogens with zero attached hydrogens (tertiary/aromatic N) is 2. The van der Waals surface area contributed by atoms with E-state index < -0.39 is 10.0 Å². The lowest BCUT2D eigenvalue weighted by Gasteiger charge is -2.06. The summed E-state index contributed by atoms with van der Waals surface area (Å²) in [5.41, 5.74) is -0.377. The van der Waals surface area contributed by atoms with Crippen LogP contribution in [0, 0.1) is 0 Å². The second-order valence-electron chi connectivity index (χ2n) is 3.22. The maximum atomic E-state index is 11.9. The van der Waals surface area contributed by atoms with Gasteiger partial charge in [0.05, 0.1) is 12.4 Å². The van der Waals surface area contributed by atoms with Crippen LogP contribution < -0.4 is 10.3 Å². The van der Waals surface area contributed by atoms with Crippen molar-refractivity contribution >= 4 is 31.8 Å². The first-order chi connectivity index (χ1) is 8.47. The van der Waals surface area contributed by atoms with Crippen molar-refractivity contribution in [1.82, 2.24) is 15.0 Å². The molecule has 0 saturated carbocycles. The van der Waals surface area contributed by atoms with Crippen LogP contribution in [0.5, 0.6) is 0 Å². The molecule has 2 rings (SSSR count). The third-order valence-corrected chi connectivity index (χ3v) is 3.69. The molecule has 2 aromatic rings. The summed E-state index contributed by atoms with van der Waals surface area (Å²) in [5.74, 6) is 0.0874. The molecule has 0 unspecified atom stereocenters. The largest absolute Gasteiger partial charge is 0.328 e. The second kappa shape index (κ2) is 4.86. The molecule has 0 atom stereocenters. The standard InChI is InChI=1S/C9H7BrN4O3S/c10-7-4-12-8(5-11-7)14-18(16,17)6-1-2-9(15)13-3-6/h1-5H,(H,12,14)(H,13,15). The van der Waals surface area contributed by atoms with Crippen LogP contribution in [-0.4, -0.2) is 23.4 Å². The van der Waals surface area contributed by atoms with E-state index in [1.165, 1.54) is 18.5 Å². The Morgan fingerprint density at radius 3 is 2.56 bits per heavy atom. The van der Waals surface area contributed by atoms with Gasteiger partial charge < -0.3 is 4.98 Å². The number of aromatic nitrogens is 3. The molecular weight excluding hydrogens is 324 g/mol. The van der Waals surface area contributed by atoms with Crippen LogP contribution in [0.15, 0.2) is 45.0 Å². The first-order valence-corrected chi connectivity index (χ1v) is 6.94. The van der Waals surface area contributed by atoms with Gasteiger partial charge in [-0.1, -0.05) is 0 Å². The lowest BCUT2D eigenvalue weighted by Crippen LogP contribution is -2.16. The number of halogens is 1. The lowest BCUT2D eigenvalue weighted by atomic mass is 10.5. The van der Waals surface area contributed by atoms with Gasteiger partial charge >= 0.3 is 0 Å². The van der Waals surface area contributed by atoms with E-state index in [2.05, 4.69) is 35.6 Å². The maximum absolute atomic E-state index is 11.9. The fourth-order valence-corrected chi connectivity index (χ4v) is 2.29. The molecule has 94 valence electrons. The summed E-state index contributed by atoms with van der Waals surface area (Å²) in [6.45, 7) is 0. The van der Waals surface area contributed by atoms with Crippen LogP contribution in [0.25, 0.3) is 0 Å². The summed E-state index contributed by atoms with van der Waals surface area (Å²) < 4.78 is 26.5. The van der Waals surface area contributed by atoms with Crippen LogP contribution >= 0.6 is 15.9 Å². The molecule has 9 heteroatoms. The quantitative estimate of drug-likeness (QED) is 0.863. The van der Waals surface area contributed by atoms with Crippen molar-refractivity contribution in [3.8, 4) is 0 Å². The average molecular weight is 331 g/mol. The van der Waals surface area contributed by atoms with Crippen molar-refractivity contribution in [3.05, 3.63) is 45.7 Å². The smallest absolute Gasteiger partial charge is 0.264 e. The zero-order chi connectivity index (χ0) is 13.2. The van der Waals surface area contributed by atoms with Crippen LogP contribution in [0.4, 0.5) is 5.82 Å². The second-order valence-corrected chi connectivity index (χ2v) is 5.71. The van der Waals surface area contributed by atoms with E-state index in [0.717, 1.165) is 12.3 Å². The summed E-state index contributed by atoms with van der Waals surface area (Å²) in [7, 11) is -3.78. The Kier molecular flexibility index (Phi) is 3.43. The van der Waals surface area contributed by atoms with Crippen molar-refractivity contribution < 1.29 is 8.42 Å². The Balaban J connectivity index is 2.29. The van der Waals surface area contributed by atoms with E-state index in [9.17, 15) is 13.2 Å². The van der Waals surface area contributed by atoms with Crippen molar-refractivity contribution in [1.29, 1.82) is 0 Å². The number of anilines is 1. The van der Waals surface area contributed by atoms with Gasteiger partial charge in [-0.3, -0.25) is 9.52 Å². The van der Waals surface area contributed by atoms with Gasteiger partial charge in [0.15, 0.2) is 5.82 Å². The zero-order valence-electron chi connectivity index (χ0n) is 8.79. The normalized spacial score (nSPS) is 11.2. The molecule has 7 nitrogen and oxygen atoms in total. The van der Waals surface area contributed by atoms with E-state index in [0.29, 0.717) is 4.60 Å². The molecule has 2 heterocycles. The molecule has 0 aliphatic carbocycles. The van der Waals surface area contributed by atoms with Crippen molar-refractivity contribution in [3.63, 3.8) is 0 Å². The first-order valence-electron chi connectivity index (χ1n) is 4.66. The molecule has 0 saturated heterocycles. The van der Waals surface area contributed by atoms with Gasteiger partial charge in [0.1, 0.15) is 9.50 Å². The lowest BCUT2D eigenvalue weighted by molar-refractivity contribution is 0.600. The Morgan fingerprint density at radius 1 is 1.22 bits per heavy atom. The molecule has 18 heavy (non-hydrogen) atoms. The summed E-state index contributed by atoms with van der Waals surface area (Å²) >= 11 is 3.09. The minimum Gasteiger partial charge on any atom is -0.328 e. The Labute approximate surface area is 110 Å². The molecule has 0 aliphatic rings. The van der Waals surface area contributed by atoms with Gasteiger partial charge in [-0.25, -0.2) is 18.4 Å². The molecular formula is C9H7BrN4O3S. The van der Waals surface area contributed by atoms with Gasteiger partial charge in [0.2, 0.25) is 5.56 Å². The highest BCUT2D eigenvalue weighted by Gasteiger charge is 2.14. The van der Waals surface area contributed by atoms with Gasteiger partial charge in [-0.05, 0) is 22.0 Å². The van der Waals surface area contributed by atoms with Gasteiger partial charge in [0.25, 0.3) is 10.0 Å². The molecule has 0 amide bonds. The third-order valence-electron chi connectivity index (χ3n) is 1.93. The van der Waals surface area contributed by atoms with Gasteiger partial charge in [-0.2, -0.15) is 0 Å². The van der Waals surface area contributed by atoms with E-state index in [4.69, 9.17) is 0 Å². The fraction of sp³-hybridized carbons (Fsp3) is 0. The zero-order valence-corrected chi connectivity index (χ0v) is 11.2. The molecule has 0 aliphatic heterocycles. The molecule has 0 radical (unpaired) electrons. The van der Waals surface area contributed by atoms with E-state index in [-0.39, 0.29) is 16.3 Å². The highest BCUT2D eigenvalue weighted by molar-refractivity contribution is 9.10. The van der Waals surface area contributed by atoms with Gasteiger partial charge in [0, 0.05) is 12.3 Å². The van der Waals surface area contributed by atoms with Crippen molar-refractivity contribution in [2.75, 3.05) is 4.72 Å². The molecule has 0 aromatic carbocycles. The number of hydrogen-bond donors (Lipinski definition) is 2. The Bertz CT molecular complexity index is 691. The Morgan fingerprint density at radius 2 is 2.00 bits per heavy atom. The predicted molar refractivity (Wildman–Crippen MR) is 67.6 cm³/mol. The van der Waals surface area contributed by atoms with E-state index >= 15 is 0 Å². The SMILES string of the molecule is O=c1ccc(S(=O)(=O)Nc2cnc(Br)cn2)c[nH]1. The highest BCUT2D eigenvalue weighted by Crippen LogP contribution is 2.12. The van der Waals surface area contributed by atoms with Crippen LogP contribution in [-0.2, 0) is 10.0 Å². The topological polar surface area (TPSA) is 105 Å². The first kappa shape index (κ1) is 12.7. The van der Waals surface area contributed by atoms with Crippen molar-refractivity contribution in [2.24, 2.45) is 0 Å². The number of nitrogens with one attached hydrogen (secondary N) is 2. The third kappa shape index (κ3) is 2.93. The summed E-state index contributed by atoms with van der Waals surface area (Å²) in [4.78, 5) is 20.7. The highest BCUT2D eigenvalue weighted by atomic mass is 79.9. The predicted octanol–water partition coefficient (Wildman–Crippen LogP) is 0.728. The molecule has 2 aromatic heterocycles. The number of pyridine rings is 1. The average Bonchev–Trinajstić information content (AvgIpc) is 2.32. The minimum absolute atomic E-state index is 0.0631. The monoisotopic (exact) mass is 330 g/mol. The van der Waals surface area contributed by atoms with Crippen LogP contribution in [0.2, 0.25) is 0 Å². The number of hydrogen-bond acceptors (Lipinski definition) is 5. The fourth-order valence-electron chi connectivity index (χ4n) is 1.13.